The van der Waals surface area contributed by atoms with Gasteiger partial charge in [-0.1, -0.05) is 26.0 Å². The smallest absolute Gasteiger partial charge is 0.478 e. The van der Waals surface area contributed by atoms with E-state index in [9.17, 15) is 31.5 Å². The number of hydrogen-bond acceptors (Lipinski definition) is 5. The van der Waals surface area contributed by atoms with Gasteiger partial charge in [-0.25, -0.2) is 18.0 Å². The summed E-state index contributed by atoms with van der Waals surface area (Å²) < 4.78 is 59.6. The summed E-state index contributed by atoms with van der Waals surface area (Å²) in [7, 11) is -3.80. The Labute approximate surface area is 202 Å². The van der Waals surface area contributed by atoms with Gasteiger partial charge >= 0.3 is 18.1 Å². The summed E-state index contributed by atoms with van der Waals surface area (Å²) in [5.41, 5.74) is 1.93. The number of anilines is 2. The molecule has 35 heavy (non-hydrogen) atoms. The number of carboxylic acid groups (broad SMARTS) is 2. The Hall–Kier alpha value is -3.28. The Morgan fingerprint density at radius 3 is 1.91 bits per heavy atom. The number of sulfonamides is 1. The number of nitrogens with zero attached hydrogens (tertiary/aromatic N) is 1. The summed E-state index contributed by atoms with van der Waals surface area (Å²) in [4.78, 5) is 22.6. The Balaban J connectivity index is 0.000000762. The average Bonchev–Trinajstić information content (AvgIpc) is 2.74. The van der Waals surface area contributed by atoms with Crippen molar-refractivity contribution in [1.82, 2.24) is 0 Å². The van der Waals surface area contributed by atoms with Crippen LogP contribution in [0.3, 0.4) is 0 Å². The van der Waals surface area contributed by atoms with Gasteiger partial charge in [0.25, 0.3) is 10.0 Å². The molecule has 0 radical (unpaired) electrons. The first-order chi connectivity index (χ1) is 16.1. The van der Waals surface area contributed by atoms with Crippen LogP contribution >= 0.6 is 0 Å². The van der Waals surface area contributed by atoms with Crippen molar-refractivity contribution in [3.63, 3.8) is 0 Å². The van der Waals surface area contributed by atoms with Crippen molar-refractivity contribution >= 4 is 33.3 Å². The van der Waals surface area contributed by atoms with Crippen LogP contribution in [0.2, 0.25) is 0 Å². The van der Waals surface area contributed by atoms with Crippen LogP contribution < -0.4 is 9.62 Å². The van der Waals surface area contributed by atoms with Gasteiger partial charge in [0.05, 0.1) is 16.1 Å². The van der Waals surface area contributed by atoms with E-state index < -0.39 is 28.1 Å². The minimum Gasteiger partial charge on any atom is -0.478 e. The number of aromatic carboxylic acids is 1. The standard InChI is InChI=1S/C21H28N2O4S.C2HF3O2/c1-5-23(6-2)20-12-9-17(14-19(20)21(24)25)22-28(26,27)18-10-7-16(8-11-18)13-15(3)4;3-2(4,5)1(6)7/h7-12,14-15,22H,5-6,13H2,1-4H3,(H,24,25);(H,6,7). The highest BCUT2D eigenvalue weighted by Gasteiger charge is 2.38. The van der Waals surface area contributed by atoms with E-state index in [4.69, 9.17) is 9.90 Å². The second kappa shape index (κ2) is 12.4. The average molecular weight is 519 g/mol. The number of carboxylic acids is 2. The monoisotopic (exact) mass is 518 g/mol. The zero-order chi connectivity index (χ0) is 27.0. The Kier molecular flexibility index (Phi) is 10.6. The lowest BCUT2D eigenvalue weighted by Crippen LogP contribution is -2.24. The third-order valence-corrected chi connectivity index (χ3v) is 6.10. The third-order valence-electron chi connectivity index (χ3n) is 4.70. The molecular formula is C23H29F3N2O6S. The first kappa shape index (κ1) is 29.8. The van der Waals surface area contributed by atoms with E-state index in [0.29, 0.717) is 24.7 Å². The number of hydrogen-bond donors (Lipinski definition) is 3. The van der Waals surface area contributed by atoms with Crippen LogP contribution in [0.5, 0.6) is 0 Å². The Morgan fingerprint density at radius 1 is 1.00 bits per heavy atom. The van der Waals surface area contributed by atoms with Gasteiger partial charge in [0.15, 0.2) is 0 Å². The minimum absolute atomic E-state index is 0.0659. The molecule has 0 saturated heterocycles. The van der Waals surface area contributed by atoms with E-state index in [2.05, 4.69) is 18.6 Å². The van der Waals surface area contributed by atoms with Crippen molar-refractivity contribution in [3.05, 3.63) is 53.6 Å². The van der Waals surface area contributed by atoms with Crippen molar-refractivity contribution in [2.24, 2.45) is 5.92 Å². The predicted molar refractivity (Wildman–Crippen MR) is 126 cm³/mol. The maximum atomic E-state index is 12.7. The predicted octanol–water partition coefficient (Wildman–Crippen LogP) is 4.86. The molecule has 0 fully saturated rings. The topological polar surface area (TPSA) is 124 Å². The van der Waals surface area contributed by atoms with Crippen LogP contribution in [0.4, 0.5) is 24.5 Å². The lowest BCUT2D eigenvalue weighted by Gasteiger charge is -2.23. The second-order valence-electron chi connectivity index (χ2n) is 7.86. The fourth-order valence-corrected chi connectivity index (χ4v) is 4.15. The van der Waals surface area contributed by atoms with Crippen LogP contribution in [-0.2, 0) is 21.2 Å². The number of alkyl halides is 3. The summed E-state index contributed by atoms with van der Waals surface area (Å²) in [5.74, 6) is -3.37. The van der Waals surface area contributed by atoms with Gasteiger partial charge in [-0.05, 0) is 62.1 Å². The normalized spacial score (nSPS) is 11.4. The molecule has 194 valence electrons. The summed E-state index contributed by atoms with van der Waals surface area (Å²) in [6.45, 7) is 9.40. The molecule has 0 unspecified atom stereocenters. The zero-order valence-electron chi connectivity index (χ0n) is 19.8. The largest absolute Gasteiger partial charge is 0.490 e. The number of rotatable bonds is 9. The van der Waals surface area contributed by atoms with Crippen molar-refractivity contribution in [2.45, 2.75) is 45.2 Å². The first-order valence-electron chi connectivity index (χ1n) is 10.7. The number of carbonyl (C=O) groups is 2. The number of aliphatic carboxylic acids is 1. The molecule has 0 aliphatic rings. The molecule has 2 aromatic rings. The fourth-order valence-electron chi connectivity index (χ4n) is 3.10. The van der Waals surface area contributed by atoms with Crippen molar-refractivity contribution < 1.29 is 41.4 Å². The molecule has 0 aliphatic carbocycles. The lowest BCUT2D eigenvalue weighted by molar-refractivity contribution is -0.192. The molecule has 2 rings (SSSR count). The van der Waals surface area contributed by atoms with Gasteiger partial charge in [-0.2, -0.15) is 13.2 Å². The van der Waals surface area contributed by atoms with E-state index in [-0.39, 0.29) is 16.1 Å². The first-order valence-corrected chi connectivity index (χ1v) is 12.1. The molecule has 0 aliphatic heterocycles. The third kappa shape index (κ3) is 9.12. The highest BCUT2D eigenvalue weighted by Crippen LogP contribution is 2.26. The zero-order valence-corrected chi connectivity index (χ0v) is 20.6. The molecule has 0 bridgehead atoms. The second-order valence-corrected chi connectivity index (χ2v) is 9.54. The molecule has 0 atom stereocenters. The minimum atomic E-state index is -5.08. The highest BCUT2D eigenvalue weighted by atomic mass is 32.2. The number of benzene rings is 2. The van der Waals surface area contributed by atoms with Gasteiger partial charge in [0.1, 0.15) is 0 Å². The molecule has 0 spiro atoms. The number of halogens is 3. The quantitative estimate of drug-likeness (QED) is 0.433. The van der Waals surface area contributed by atoms with Crippen molar-refractivity contribution in [1.29, 1.82) is 0 Å². The molecule has 8 nitrogen and oxygen atoms in total. The Bertz CT molecular complexity index is 1110. The van der Waals surface area contributed by atoms with Crippen LogP contribution in [0.25, 0.3) is 0 Å². The van der Waals surface area contributed by atoms with E-state index >= 15 is 0 Å². The molecule has 0 aromatic heterocycles. The van der Waals surface area contributed by atoms with Gasteiger partial charge in [-0.3, -0.25) is 4.72 Å². The van der Waals surface area contributed by atoms with Crippen LogP contribution in [0.15, 0.2) is 47.4 Å². The van der Waals surface area contributed by atoms with Crippen LogP contribution in [0.1, 0.15) is 43.6 Å². The Morgan fingerprint density at radius 2 is 1.51 bits per heavy atom. The van der Waals surface area contributed by atoms with Gasteiger partial charge in [0.2, 0.25) is 0 Å². The lowest BCUT2D eigenvalue weighted by atomic mass is 10.0. The molecule has 0 amide bonds. The maximum absolute atomic E-state index is 12.7. The fraction of sp³-hybridized carbons (Fsp3) is 0.391. The molecule has 0 heterocycles. The van der Waals surface area contributed by atoms with Crippen LogP contribution in [0, 0.1) is 5.92 Å². The number of nitrogens with one attached hydrogen (secondary N) is 1. The maximum Gasteiger partial charge on any atom is 0.490 e. The summed E-state index contributed by atoms with van der Waals surface area (Å²) >= 11 is 0. The highest BCUT2D eigenvalue weighted by molar-refractivity contribution is 7.92. The van der Waals surface area contributed by atoms with E-state index in [0.717, 1.165) is 12.0 Å². The summed E-state index contributed by atoms with van der Waals surface area (Å²) in [6, 6.07) is 11.3. The SMILES string of the molecule is CCN(CC)c1ccc(NS(=O)(=O)c2ccc(CC(C)C)cc2)cc1C(=O)O.O=C(O)C(F)(F)F. The van der Waals surface area contributed by atoms with Crippen LogP contribution in [-0.4, -0.2) is 49.8 Å². The van der Waals surface area contributed by atoms with E-state index in [1.807, 2.05) is 18.7 Å². The van der Waals surface area contributed by atoms with Gasteiger partial charge in [-0.15, -0.1) is 0 Å². The van der Waals surface area contributed by atoms with Crippen molar-refractivity contribution in [2.75, 3.05) is 22.7 Å². The molecule has 12 heteroatoms. The van der Waals surface area contributed by atoms with Gasteiger partial charge in [0, 0.05) is 18.8 Å². The van der Waals surface area contributed by atoms with E-state index in [1.54, 1.807) is 36.4 Å². The summed E-state index contributed by atoms with van der Waals surface area (Å²) in [6.07, 6.45) is -4.21. The summed E-state index contributed by atoms with van der Waals surface area (Å²) in [5, 5.41) is 16.7. The van der Waals surface area contributed by atoms with Gasteiger partial charge < -0.3 is 15.1 Å². The molecule has 0 saturated carbocycles. The molecule has 3 N–H and O–H groups in total. The van der Waals surface area contributed by atoms with Crippen molar-refractivity contribution in [3.8, 4) is 0 Å². The molecular weight excluding hydrogens is 489 g/mol. The molecule has 2 aromatic carbocycles. The van der Waals surface area contributed by atoms with E-state index in [1.165, 1.54) is 6.07 Å².